The van der Waals surface area contributed by atoms with Gasteiger partial charge in [0, 0.05) is 31.1 Å². The van der Waals surface area contributed by atoms with Gasteiger partial charge in [0.15, 0.2) is 11.5 Å². The molecule has 22 heavy (non-hydrogen) atoms. The van der Waals surface area contributed by atoms with Crippen molar-refractivity contribution in [2.45, 2.75) is 12.5 Å². The maximum Gasteiger partial charge on any atom is 0.274 e. The third-order valence-corrected chi connectivity index (χ3v) is 3.38. The Hall–Kier alpha value is -2.18. The molecule has 1 unspecified atom stereocenters. The van der Waals surface area contributed by atoms with Gasteiger partial charge in [-0.2, -0.15) is 0 Å². The zero-order valence-electron chi connectivity index (χ0n) is 12.1. The quantitative estimate of drug-likeness (QED) is 0.851. The zero-order chi connectivity index (χ0) is 15.9. The Bertz CT molecular complexity index is 634. The molecule has 0 spiro atoms. The number of amides is 1. The van der Waals surface area contributed by atoms with Crippen LogP contribution in [0.2, 0.25) is 5.02 Å². The zero-order valence-corrected chi connectivity index (χ0v) is 12.9. The molecule has 2 aromatic rings. The molecule has 0 saturated carbocycles. The molecule has 0 aliphatic heterocycles. The van der Waals surface area contributed by atoms with Gasteiger partial charge in [0.2, 0.25) is 0 Å². The Morgan fingerprint density at radius 3 is 2.64 bits per heavy atom. The predicted molar refractivity (Wildman–Crippen MR) is 84.6 cm³/mol. The Kier molecular flexibility index (Phi) is 5.68. The van der Waals surface area contributed by atoms with Gasteiger partial charge >= 0.3 is 0 Å². The first kappa shape index (κ1) is 16.2. The van der Waals surface area contributed by atoms with Gasteiger partial charge in [-0.25, -0.2) is 9.97 Å². The number of nitrogens with one attached hydrogen (secondary N) is 1. The first-order chi connectivity index (χ1) is 10.6. The van der Waals surface area contributed by atoms with Gasteiger partial charge in [0.25, 0.3) is 5.91 Å². The number of methoxy groups -OCH3 is 1. The Morgan fingerprint density at radius 2 is 2.00 bits per heavy atom. The molecule has 0 saturated heterocycles. The van der Waals surface area contributed by atoms with E-state index in [-0.39, 0.29) is 23.5 Å². The highest BCUT2D eigenvalue weighted by molar-refractivity contribution is 6.30. The van der Waals surface area contributed by atoms with Gasteiger partial charge in [-0.05, 0) is 24.1 Å². The van der Waals surface area contributed by atoms with Gasteiger partial charge in [0.05, 0.1) is 6.04 Å². The molecular weight excluding hydrogens is 304 g/mol. The number of nitrogen functional groups attached to an aromatic ring is 1. The number of hydrogen-bond donors (Lipinski definition) is 2. The van der Waals surface area contributed by atoms with Crippen LogP contribution < -0.4 is 11.1 Å². The molecule has 3 N–H and O–H groups in total. The molecule has 1 atom stereocenters. The van der Waals surface area contributed by atoms with E-state index in [0.717, 1.165) is 5.56 Å². The SMILES string of the molecule is COCCC(NC(=O)c1nccnc1N)c1ccc(Cl)cc1. The summed E-state index contributed by atoms with van der Waals surface area (Å²) < 4.78 is 5.10. The topological polar surface area (TPSA) is 90.1 Å². The average molecular weight is 321 g/mol. The van der Waals surface area contributed by atoms with E-state index >= 15 is 0 Å². The number of benzene rings is 1. The van der Waals surface area contributed by atoms with Gasteiger partial charge in [-0.1, -0.05) is 23.7 Å². The number of anilines is 1. The molecule has 116 valence electrons. The van der Waals surface area contributed by atoms with Crippen LogP contribution in [0.5, 0.6) is 0 Å². The van der Waals surface area contributed by atoms with Crippen molar-refractivity contribution < 1.29 is 9.53 Å². The lowest BCUT2D eigenvalue weighted by Gasteiger charge is -2.19. The fourth-order valence-corrected chi connectivity index (χ4v) is 2.13. The van der Waals surface area contributed by atoms with Crippen LogP contribution in [0, 0.1) is 0 Å². The highest BCUT2D eigenvalue weighted by Crippen LogP contribution is 2.20. The van der Waals surface area contributed by atoms with Gasteiger partial charge in [-0.15, -0.1) is 0 Å². The average Bonchev–Trinajstić information content (AvgIpc) is 2.52. The molecule has 7 heteroatoms. The second kappa shape index (κ2) is 7.72. The molecule has 6 nitrogen and oxygen atoms in total. The minimum Gasteiger partial charge on any atom is -0.385 e. The second-order valence-electron chi connectivity index (χ2n) is 4.65. The second-order valence-corrected chi connectivity index (χ2v) is 5.09. The van der Waals surface area contributed by atoms with Crippen LogP contribution in [0.4, 0.5) is 5.82 Å². The molecule has 2 rings (SSSR count). The lowest BCUT2D eigenvalue weighted by molar-refractivity contribution is 0.0920. The van der Waals surface area contributed by atoms with Crippen LogP contribution in [0.3, 0.4) is 0 Å². The van der Waals surface area contributed by atoms with Gasteiger partial charge < -0.3 is 15.8 Å². The van der Waals surface area contributed by atoms with Crippen molar-refractivity contribution in [1.29, 1.82) is 0 Å². The number of carbonyl (C=O) groups excluding carboxylic acids is 1. The number of halogens is 1. The van der Waals surface area contributed by atoms with E-state index in [1.165, 1.54) is 12.4 Å². The number of nitrogens with two attached hydrogens (primary N) is 1. The van der Waals surface area contributed by atoms with E-state index < -0.39 is 0 Å². The third-order valence-electron chi connectivity index (χ3n) is 3.13. The molecule has 1 aromatic heterocycles. The van der Waals surface area contributed by atoms with E-state index in [2.05, 4.69) is 15.3 Å². The standard InChI is InChI=1S/C15H17ClN4O2/c1-22-9-6-12(10-2-4-11(16)5-3-10)20-15(21)13-14(17)19-8-7-18-13/h2-5,7-8,12H,6,9H2,1H3,(H2,17,19)(H,20,21). The summed E-state index contributed by atoms with van der Waals surface area (Å²) in [4.78, 5) is 20.2. The highest BCUT2D eigenvalue weighted by atomic mass is 35.5. The molecule has 0 aliphatic carbocycles. The number of nitrogens with zero attached hydrogens (tertiary/aromatic N) is 2. The molecule has 0 bridgehead atoms. The highest BCUT2D eigenvalue weighted by Gasteiger charge is 2.18. The number of ether oxygens (including phenoxy) is 1. The Morgan fingerprint density at radius 1 is 1.32 bits per heavy atom. The summed E-state index contributed by atoms with van der Waals surface area (Å²) >= 11 is 5.90. The van der Waals surface area contributed by atoms with Crippen molar-refractivity contribution in [2.24, 2.45) is 0 Å². The van der Waals surface area contributed by atoms with E-state index in [4.69, 9.17) is 22.1 Å². The van der Waals surface area contributed by atoms with Crippen LogP contribution in [-0.2, 0) is 4.74 Å². The minimum absolute atomic E-state index is 0.0987. The maximum absolute atomic E-state index is 12.3. The normalized spacial score (nSPS) is 11.9. The van der Waals surface area contributed by atoms with Crippen molar-refractivity contribution in [3.63, 3.8) is 0 Å². The monoisotopic (exact) mass is 320 g/mol. The lowest BCUT2D eigenvalue weighted by Crippen LogP contribution is -2.30. The Balaban J connectivity index is 2.17. The van der Waals surface area contributed by atoms with Crippen LogP contribution >= 0.6 is 11.6 Å². The van der Waals surface area contributed by atoms with Crippen LogP contribution in [0.25, 0.3) is 0 Å². The number of aromatic nitrogens is 2. The van der Waals surface area contributed by atoms with Crippen molar-refractivity contribution in [3.05, 3.63) is 52.9 Å². The molecule has 0 aliphatic rings. The largest absolute Gasteiger partial charge is 0.385 e. The van der Waals surface area contributed by atoms with Crippen LogP contribution in [0.1, 0.15) is 28.5 Å². The number of carbonyl (C=O) groups is 1. The molecular formula is C15H17ClN4O2. The summed E-state index contributed by atoms with van der Waals surface area (Å²) in [6, 6.07) is 7.05. The van der Waals surface area contributed by atoms with Gasteiger partial charge in [0.1, 0.15) is 0 Å². The molecule has 0 fully saturated rings. The summed E-state index contributed by atoms with van der Waals surface area (Å²) in [6.45, 7) is 0.503. The lowest BCUT2D eigenvalue weighted by atomic mass is 10.0. The first-order valence-electron chi connectivity index (χ1n) is 6.73. The van der Waals surface area contributed by atoms with E-state index in [9.17, 15) is 4.79 Å². The molecule has 1 aromatic carbocycles. The molecule has 1 amide bonds. The minimum atomic E-state index is -0.373. The summed E-state index contributed by atoms with van der Waals surface area (Å²) in [5.74, 6) is -0.275. The fraction of sp³-hybridized carbons (Fsp3) is 0.267. The summed E-state index contributed by atoms with van der Waals surface area (Å²) in [7, 11) is 1.61. The predicted octanol–water partition coefficient (Wildman–Crippen LogP) is 2.22. The fourth-order valence-electron chi connectivity index (χ4n) is 2.00. The van der Waals surface area contributed by atoms with Gasteiger partial charge in [-0.3, -0.25) is 4.79 Å². The first-order valence-corrected chi connectivity index (χ1v) is 7.11. The summed E-state index contributed by atoms with van der Waals surface area (Å²) in [5.41, 5.74) is 6.72. The van der Waals surface area contributed by atoms with Crippen LogP contribution in [-0.4, -0.2) is 29.6 Å². The molecule has 1 heterocycles. The maximum atomic E-state index is 12.3. The van der Waals surface area contributed by atoms with E-state index in [0.29, 0.717) is 18.1 Å². The number of rotatable bonds is 6. The van der Waals surface area contributed by atoms with Crippen molar-refractivity contribution in [1.82, 2.24) is 15.3 Å². The summed E-state index contributed by atoms with van der Waals surface area (Å²) in [6.07, 6.45) is 3.48. The van der Waals surface area contributed by atoms with E-state index in [1.807, 2.05) is 12.1 Å². The van der Waals surface area contributed by atoms with Crippen molar-refractivity contribution >= 4 is 23.3 Å². The smallest absolute Gasteiger partial charge is 0.274 e. The number of hydrogen-bond acceptors (Lipinski definition) is 5. The Labute approximate surface area is 133 Å². The van der Waals surface area contributed by atoms with Crippen molar-refractivity contribution in [3.8, 4) is 0 Å². The van der Waals surface area contributed by atoms with Crippen LogP contribution in [0.15, 0.2) is 36.7 Å². The molecule has 0 radical (unpaired) electrons. The van der Waals surface area contributed by atoms with E-state index in [1.54, 1.807) is 19.2 Å². The summed E-state index contributed by atoms with van der Waals surface area (Å²) in [5, 5.41) is 3.54. The van der Waals surface area contributed by atoms with Crippen molar-refractivity contribution in [2.75, 3.05) is 19.5 Å². The third kappa shape index (κ3) is 4.16.